The van der Waals surface area contributed by atoms with Crippen LogP contribution in [0, 0.1) is 0 Å². The van der Waals surface area contributed by atoms with E-state index in [0.717, 1.165) is 12.1 Å². The largest absolute Gasteiger partial charge is 0.485 e. The first-order valence-electron chi connectivity index (χ1n) is 9.72. The average molecular weight is 451 g/mol. The highest BCUT2D eigenvalue weighted by atomic mass is 32.1. The maximum absolute atomic E-state index is 12.8. The molecule has 1 fully saturated rings. The van der Waals surface area contributed by atoms with E-state index >= 15 is 0 Å². The lowest BCUT2D eigenvalue weighted by Crippen LogP contribution is -2.55. The van der Waals surface area contributed by atoms with E-state index in [1.54, 1.807) is 17.0 Å². The SMILES string of the molecule is O=C(C1COc2ccccc2O1)N1CCN(C(=S)Nc2ccc(C(F)(F)F)cc2)CC1. The maximum Gasteiger partial charge on any atom is 0.416 e. The molecule has 0 radical (unpaired) electrons. The minimum Gasteiger partial charge on any atom is -0.485 e. The molecule has 10 heteroatoms. The predicted molar refractivity (Wildman–Crippen MR) is 112 cm³/mol. The summed E-state index contributed by atoms with van der Waals surface area (Å²) in [6.45, 7) is 2.07. The highest BCUT2D eigenvalue weighted by Crippen LogP contribution is 2.32. The second-order valence-corrected chi connectivity index (χ2v) is 7.57. The standard InChI is InChI=1S/C21H20F3N3O3S/c22-21(23,24)14-5-7-15(8-6-14)25-20(31)27-11-9-26(10-12-27)19(28)18-13-29-16-3-1-2-4-17(16)30-18/h1-8,18H,9-13H2,(H,25,31). The number of nitrogens with one attached hydrogen (secondary N) is 1. The Labute approximate surface area is 182 Å². The van der Waals surface area contributed by atoms with E-state index < -0.39 is 17.8 Å². The fourth-order valence-corrected chi connectivity index (χ4v) is 3.72. The number of hydrogen-bond donors (Lipinski definition) is 1. The van der Waals surface area contributed by atoms with Gasteiger partial charge in [0.15, 0.2) is 16.6 Å². The number of thiocarbonyl (C=S) groups is 1. The molecule has 2 aliphatic heterocycles. The second kappa shape index (κ2) is 8.62. The smallest absolute Gasteiger partial charge is 0.416 e. The molecule has 0 bridgehead atoms. The van der Waals surface area contributed by atoms with Crippen LogP contribution >= 0.6 is 12.2 Å². The summed E-state index contributed by atoms with van der Waals surface area (Å²) in [5.74, 6) is 1.03. The van der Waals surface area contributed by atoms with Crippen molar-refractivity contribution in [1.29, 1.82) is 0 Å². The Morgan fingerprint density at radius 1 is 0.968 bits per heavy atom. The number of alkyl halides is 3. The Morgan fingerprint density at radius 2 is 1.58 bits per heavy atom. The fourth-order valence-electron chi connectivity index (χ4n) is 3.42. The molecule has 2 aromatic carbocycles. The number of rotatable bonds is 2. The van der Waals surface area contributed by atoms with E-state index in [9.17, 15) is 18.0 Å². The third kappa shape index (κ3) is 4.84. The molecular weight excluding hydrogens is 431 g/mol. The van der Waals surface area contributed by atoms with Crippen LogP contribution in [0.1, 0.15) is 5.56 Å². The molecule has 2 heterocycles. The van der Waals surface area contributed by atoms with Gasteiger partial charge in [0.25, 0.3) is 5.91 Å². The first-order valence-corrected chi connectivity index (χ1v) is 10.1. The van der Waals surface area contributed by atoms with Crippen molar-refractivity contribution in [2.24, 2.45) is 0 Å². The van der Waals surface area contributed by atoms with Crippen LogP contribution in [0.4, 0.5) is 18.9 Å². The summed E-state index contributed by atoms with van der Waals surface area (Å²) in [7, 11) is 0. The van der Waals surface area contributed by atoms with E-state index in [0.29, 0.717) is 48.5 Å². The van der Waals surface area contributed by atoms with Crippen LogP contribution in [0.15, 0.2) is 48.5 Å². The van der Waals surface area contributed by atoms with Crippen molar-refractivity contribution in [1.82, 2.24) is 9.80 Å². The molecule has 0 aromatic heterocycles. The molecule has 164 valence electrons. The van der Waals surface area contributed by atoms with Gasteiger partial charge in [-0.2, -0.15) is 13.2 Å². The summed E-state index contributed by atoms with van der Waals surface area (Å²) in [6.07, 6.45) is -5.07. The molecule has 1 unspecified atom stereocenters. The molecule has 1 amide bonds. The van der Waals surface area contributed by atoms with E-state index in [1.807, 2.05) is 17.0 Å². The highest BCUT2D eigenvalue weighted by molar-refractivity contribution is 7.80. The first-order chi connectivity index (χ1) is 14.8. The van der Waals surface area contributed by atoms with E-state index in [4.69, 9.17) is 21.7 Å². The normalized spacial score (nSPS) is 18.5. The molecule has 0 saturated carbocycles. The van der Waals surface area contributed by atoms with E-state index in [1.165, 1.54) is 12.1 Å². The molecule has 1 saturated heterocycles. The molecule has 4 rings (SSSR count). The summed E-state index contributed by atoms with van der Waals surface area (Å²) in [5.41, 5.74) is -0.240. The van der Waals surface area contributed by atoms with Crippen LogP contribution < -0.4 is 14.8 Å². The van der Waals surface area contributed by atoms with Crippen LogP contribution in [0.25, 0.3) is 0 Å². The number of fused-ring (bicyclic) bond motifs is 1. The van der Waals surface area contributed by atoms with Gasteiger partial charge in [-0.05, 0) is 48.6 Å². The second-order valence-electron chi connectivity index (χ2n) is 7.18. The predicted octanol–water partition coefficient (Wildman–Crippen LogP) is 3.39. The van der Waals surface area contributed by atoms with Gasteiger partial charge in [-0.15, -0.1) is 0 Å². The number of hydrogen-bond acceptors (Lipinski definition) is 4. The number of carbonyl (C=O) groups is 1. The van der Waals surface area contributed by atoms with Gasteiger partial charge in [0, 0.05) is 31.9 Å². The number of carbonyl (C=O) groups excluding carboxylic acids is 1. The van der Waals surface area contributed by atoms with Crippen LogP contribution in [-0.4, -0.2) is 59.7 Å². The van der Waals surface area contributed by atoms with Gasteiger partial charge in [-0.3, -0.25) is 4.79 Å². The Balaban J connectivity index is 1.28. The number of anilines is 1. The van der Waals surface area contributed by atoms with Crippen molar-refractivity contribution in [3.05, 3.63) is 54.1 Å². The molecule has 31 heavy (non-hydrogen) atoms. The van der Waals surface area contributed by atoms with Crippen molar-refractivity contribution in [3.8, 4) is 11.5 Å². The highest BCUT2D eigenvalue weighted by Gasteiger charge is 2.33. The van der Waals surface area contributed by atoms with Gasteiger partial charge in [0.2, 0.25) is 6.10 Å². The molecule has 2 aromatic rings. The number of nitrogens with zero attached hydrogens (tertiary/aromatic N) is 2. The van der Waals surface area contributed by atoms with Crippen molar-refractivity contribution >= 4 is 28.9 Å². The Kier molecular flexibility index (Phi) is 5.90. The Morgan fingerprint density at radius 3 is 2.23 bits per heavy atom. The third-order valence-corrected chi connectivity index (χ3v) is 5.49. The zero-order valence-corrected chi connectivity index (χ0v) is 17.2. The number of para-hydroxylation sites is 2. The molecular formula is C21H20F3N3O3S. The average Bonchev–Trinajstić information content (AvgIpc) is 2.78. The van der Waals surface area contributed by atoms with Crippen molar-refractivity contribution in [2.45, 2.75) is 12.3 Å². The first kappa shape index (κ1) is 21.2. The molecule has 1 N–H and O–H groups in total. The minimum absolute atomic E-state index is 0.143. The summed E-state index contributed by atoms with van der Waals surface area (Å²) < 4.78 is 49.4. The molecule has 6 nitrogen and oxygen atoms in total. The van der Waals surface area contributed by atoms with Gasteiger partial charge in [-0.25, -0.2) is 0 Å². The van der Waals surface area contributed by atoms with Crippen molar-refractivity contribution < 1.29 is 27.4 Å². The number of amides is 1. The van der Waals surface area contributed by atoms with Gasteiger partial charge in [-0.1, -0.05) is 12.1 Å². The van der Waals surface area contributed by atoms with Gasteiger partial charge < -0.3 is 24.6 Å². The summed E-state index contributed by atoms with van der Waals surface area (Å²) in [4.78, 5) is 16.4. The number of benzene rings is 2. The summed E-state index contributed by atoms with van der Waals surface area (Å²) in [6, 6.07) is 11.9. The molecule has 2 aliphatic rings. The van der Waals surface area contributed by atoms with Gasteiger partial charge >= 0.3 is 6.18 Å². The van der Waals surface area contributed by atoms with Crippen LogP contribution in [0.2, 0.25) is 0 Å². The zero-order chi connectivity index (χ0) is 22.0. The Bertz CT molecular complexity index is 960. The lowest BCUT2D eigenvalue weighted by Gasteiger charge is -2.38. The van der Waals surface area contributed by atoms with Crippen LogP contribution in [0.3, 0.4) is 0 Å². The lowest BCUT2D eigenvalue weighted by atomic mass is 10.2. The lowest BCUT2D eigenvalue weighted by molar-refractivity contribution is -0.142. The van der Waals surface area contributed by atoms with Crippen molar-refractivity contribution in [2.75, 3.05) is 38.1 Å². The summed E-state index contributed by atoms with van der Waals surface area (Å²) in [5, 5.41) is 3.35. The molecule has 0 aliphatic carbocycles. The summed E-state index contributed by atoms with van der Waals surface area (Å²) >= 11 is 5.38. The Hall–Kier alpha value is -3.01. The molecule has 0 spiro atoms. The fraction of sp³-hybridized carbons (Fsp3) is 0.333. The van der Waals surface area contributed by atoms with E-state index in [2.05, 4.69) is 5.32 Å². The quantitative estimate of drug-likeness (QED) is 0.707. The third-order valence-electron chi connectivity index (χ3n) is 5.13. The molecule has 1 atom stereocenters. The monoisotopic (exact) mass is 451 g/mol. The number of piperazine rings is 1. The van der Waals surface area contributed by atoms with Gasteiger partial charge in [0.05, 0.1) is 5.56 Å². The minimum atomic E-state index is -4.38. The maximum atomic E-state index is 12.8. The van der Waals surface area contributed by atoms with Gasteiger partial charge in [0.1, 0.15) is 6.61 Å². The number of ether oxygens (including phenoxy) is 2. The van der Waals surface area contributed by atoms with Crippen LogP contribution in [0.5, 0.6) is 11.5 Å². The van der Waals surface area contributed by atoms with Crippen LogP contribution in [-0.2, 0) is 11.0 Å². The topological polar surface area (TPSA) is 54.0 Å². The van der Waals surface area contributed by atoms with E-state index in [-0.39, 0.29) is 12.5 Å². The zero-order valence-electron chi connectivity index (χ0n) is 16.4. The van der Waals surface area contributed by atoms with Crippen molar-refractivity contribution in [3.63, 3.8) is 0 Å². The number of halogens is 3.